The van der Waals surface area contributed by atoms with Crippen molar-refractivity contribution in [1.82, 2.24) is 15.0 Å². The van der Waals surface area contributed by atoms with Crippen LogP contribution in [0, 0.1) is 13.8 Å². The van der Waals surface area contributed by atoms with Crippen LogP contribution in [0.15, 0.2) is 54.9 Å². The molecule has 4 heteroatoms. The lowest BCUT2D eigenvalue weighted by molar-refractivity contribution is 0.803. The van der Waals surface area contributed by atoms with Crippen LogP contribution in [-0.4, -0.2) is 15.0 Å². The molecule has 3 aromatic rings. The van der Waals surface area contributed by atoms with Crippen LogP contribution in [-0.2, 0) is 6.54 Å². The SMILES string of the molecule is Cc1cccc(C)c1CNc1ccccc1-n1ccnn1. The van der Waals surface area contributed by atoms with Crippen LogP contribution in [0.5, 0.6) is 0 Å². The molecule has 0 saturated carbocycles. The molecule has 106 valence electrons. The summed E-state index contributed by atoms with van der Waals surface area (Å²) in [5.41, 5.74) is 6.00. The van der Waals surface area contributed by atoms with E-state index in [2.05, 4.69) is 53.7 Å². The van der Waals surface area contributed by atoms with Gasteiger partial charge in [0.15, 0.2) is 0 Å². The molecule has 0 unspecified atom stereocenters. The summed E-state index contributed by atoms with van der Waals surface area (Å²) >= 11 is 0. The molecule has 4 nitrogen and oxygen atoms in total. The number of nitrogens with zero attached hydrogens (tertiary/aromatic N) is 3. The monoisotopic (exact) mass is 278 g/mol. The predicted octanol–water partition coefficient (Wildman–Crippen LogP) is 3.50. The van der Waals surface area contributed by atoms with Crippen molar-refractivity contribution in [1.29, 1.82) is 0 Å². The Kier molecular flexibility index (Phi) is 3.69. The number of anilines is 1. The van der Waals surface area contributed by atoms with Crippen LogP contribution in [0.4, 0.5) is 5.69 Å². The van der Waals surface area contributed by atoms with Gasteiger partial charge in [0.1, 0.15) is 0 Å². The minimum absolute atomic E-state index is 0.796. The smallest absolute Gasteiger partial charge is 0.0894 e. The molecule has 1 heterocycles. The van der Waals surface area contributed by atoms with E-state index in [1.807, 2.05) is 24.4 Å². The first kappa shape index (κ1) is 13.4. The third-order valence-electron chi connectivity index (χ3n) is 3.67. The van der Waals surface area contributed by atoms with Gasteiger partial charge in [-0.05, 0) is 42.7 Å². The van der Waals surface area contributed by atoms with E-state index < -0.39 is 0 Å². The minimum Gasteiger partial charge on any atom is -0.379 e. The third-order valence-corrected chi connectivity index (χ3v) is 3.67. The summed E-state index contributed by atoms with van der Waals surface area (Å²) in [6.45, 7) is 5.09. The van der Waals surface area contributed by atoms with Crippen LogP contribution in [0.25, 0.3) is 5.69 Å². The molecule has 0 fully saturated rings. The number of para-hydroxylation sites is 2. The van der Waals surface area contributed by atoms with Crippen molar-refractivity contribution < 1.29 is 0 Å². The van der Waals surface area contributed by atoms with E-state index in [0.717, 1.165) is 17.9 Å². The van der Waals surface area contributed by atoms with E-state index in [1.54, 1.807) is 10.9 Å². The molecule has 21 heavy (non-hydrogen) atoms. The molecular formula is C17H18N4. The minimum atomic E-state index is 0.796. The quantitative estimate of drug-likeness (QED) is 0.794. The largest absolute Gasteiger partial charge is 0.379 e. The lowest BCUT2D eigenvalue weighted by Crippen LogP contribution is -2.07. The molecule has 3 rings (SSSR count). The van der Waals surface area contributed by atoms with E-state index in [9.17, 15) is 0 Å². The topological polar surface area (TPSA) is 42.7 Å². The molecule has 1 N–H and O–H groups in total. The zero-order chi connectivity index (χ0) is 14.7. The fraction of sp³-hybridized carbons (Fsp3) is 0.176. The highest BCUT2D eigenvalue weighted by Gasteiger charge is 2.06. The Morgan fingerprint density at radius 2 is 1.76 bits per heavy atom. The summed E-state index contributed by atoms with van der Waals surface area (Å²) in [5.74, 6) is 0. The van der Waals surface area contributed by atoms with Crippen molar-refractivity contribution in [2.45, 2.75) is 20.4 Å². The second-order valence-corrected chi connectivity index (χ2v) is 5.09. The Bertz CT molecular complexity index is 712. The second-order valence-electron chi connectivity index (χ2n) is 5.09. The van der Waals surface area contributed by atoms with Crippen LogP contribution in [0.1, 0.15) is 16.7 Å². The summed E-state index contributed by atoms with van der Waals surface area (Å²) in [7, 11) is 0. The van der Waals surface area contributed by atoms with Gasteiger partial charge in [0, 0.05) is 6.54 Å². The van der Waals surface area contributed by atoms with Crippen LogP contribution < -0.4 is 5.32 Å². The lowest BCUT2D eigenvalue weighted by Gasteiger charge is -2.14. The van der Waals surface area contributed by atoms with E-state index in [1.165, 1.54) is 16.7 Å². The van der Waals surface area contributed by atoms with Gasteiger partial charge in [-0.15, -0.1) is 5.10 Å². The zero-order valence-corrected chi connectivity index (χ0v) is 12.2. The summed E-state index contributed by atoms with van der Waals surface area (Å²) in [4.78, 5) is 0. The molecule has 0 aliphatic carbocycles. The maximum absolute atomic E-state index is 4.06. The summed E-state index contributed by atoms with van der Waals surface area (Å²) in [6.07, 6.45) is 3.53. The lowest BCUT2D eigenvalue weighted by atomic mass is 10.0. The highest BCUT2D eigenvalue weighted by atomic mass is 15.4. The maximum atomic E-state index is 4.06. The molecule has 0 saturated heterocycles. The number of nitrogens with one attached hydrogen (secondary N) is 1. The van der Waals surface area contributed by atoms with Crippen molar-refractivity contribution >= 4 is 5.69 Å². The first-order valence-electron chi connectivity index (χ1n) is 7.00. The normalized spacial score (nSPS) is 10.6. The molecule has 1 aromatic heterocycles. The molecular weight excluding hydrogens is 260 g/mol. The third kappa shape index (κ3) is 2.79. The van der Waals surface area contributed by atoms with Crippen molar-refractivity contribution in [2.24, 2.45) is 0 Å². The molecule has 0 aliphatic rings. The Labute approximate surface area is 124 Å². The molecule has 0 atom stereocenters. The number of rotatable bonds is 4. The highest BCUT2D eigenvalue weighted by Crippen LogP contribution is 2.21. The summed E-state index contributed by atoms with van der Waals surface area (Å²) < 4.78 is 1.77. The predicted molar refractivity (Wildman–Crippen MR) is 84.6 cm³/mol. The highest BCUT2D eigenvalue weighted by molar-refractivity contribution is 5.60. The van der Waals surface area contributed by atoms with Crippen molar-refractivity contribution in [3.05, 3.63) is 71.5 Å². The van der Waals surface area contributed by atoms with Crippen LogP contribution in [0.3, 0.4) is 0 Å². The van der Waals surface area contributed by atoms with Crippen LogP contribution in [0.2, 0.25) is 0 Å². The Morgan fingerprint density at radius 1 is 1.00 bits per heavy atom. The number of hydrogen-bond acceptors (Lipinski definition) is 3. The number of aryl methyl sites for hydroxylation is 2. The van der Waals surface area contributed by atoms with Gasteiger partial charge < -0.3 is 5.32 Å². The Balaban J connectivity index is 1.86. The first-order valence-corrected chi connectivity index (χ1v) is 7.00. The molecule has 0 amide bonds. The molecule has 0 radical (unpaired) electrons. The fourth-order valence-corrected chi connectivity index (χ4v) is 2.47. The van der Waals surface area contributed by atoms with E-state index >= 15 is 0 Å². The molecule has 0 bridgehead atoms. The Morgan fingerprint density at radius 3 is 2.48 bits per heavy atom. The van der Waals surface area contributed by atoms with Gasteiger partial charge in [0.05, 0.1) is 23.8 Å². The van der Waals surface area contributed by atoms with Crippen LogP contribution >= 0.6 is 0 Å². The number of hydrogen-bond donors (Lipinski definition) is 1. The van der Waals surface area contributed by atoms with Gasteiger partial charge in [-0.1, -0.05) is 35.5 Å². The van der Waals surface area contributed by atoms with Gasteiger partial charge in [0.2, 0.25) is 0 Å². The van der Waals surface area contributed by atoms with Crippen molar-refractivity contribution in [2.75, 3.05) is 5.32 Å². The zero-order valence-electron chi connectivity index (χ0n) is 12.2. The van der Waals surface area contributed by atoms with E-state index in [0.29, 0.717) is 0 Å². The number of benzene rings is 2. The molecule has 2 aromatic carbocycles. The first-order chi connectivity index (χ1) is 10.3. The van der Waals surface area contributed by atoms with E-state index in [-0.39, 0.29) is 0 Å². The summed E-state index contributed by atoms with van der Waals surface area (Å²) in [5, 5.41) is 11.4. The number of aromatic nitrogens is 3. The maximum Gasteiger partial charge on any atom is 0.0894 e. The van der Waals surface area contributed by atoms with E-state index in [4.69, 9.17) is 0 Å². The average Bonchev–Trinajstić information content (AvgIpc) is 3.01. The molecule has 0 aliphatic heterocycles. The standard InChI is InChI=1S/C17H18N4/c1-13-6-5-7-14(2)15(13)12-18-16-8-3-4-9-17(16)21-11-10-19-20-21/h3-11,18H,12H2,1-2H3. The van der Waals surface area contributed by atoms with Gasteiger partial charge in [0.25, 0.3) is 0 Å². The van der Waals surface area contributed by atoms with Crippen molar-refractivity contribution in [3.63, 3.8) is 0 Å². The van der Waals surface area contributed by atoms with Gasteiger partial charge in [-0.3, -0.25) is 0 Å². The molecule has 0 spiro atoms. The fourth-order valence-electron chi connectivity index (χ4n) is 2.47. The van der Waals surface area contributed by atoms with Gasteiger partial charge >= 0.3 is 0 Å². The average molecular weight is 278 g/mol. The second kappa shape index (κ2) is 5.79. The Hall–Kier alpha value is -2.62. The summed E-state index contributed by atoms with van der Waals surface area (Å²) in [6, 6.07) is 14.5. The van der Waals surface area contributed by atoms with Gasteiger partial charge in [-0.25, -0.2) is 4.68 Å². The van der Waals surface area contributed by atoms with Gasteiger partial charge in [-0.2, -0.15) is 0 Å². The van der Waals surface area contributed by atoms with Crippen molar-refractivity contribution in [3.8, 4) is 5.69 Å².